The molecule has 3 aromatic rings. The minimum atomic E-state index is -0.700. The van der Waals surface area contributed by atoms with Crippen molar-refractivity contribution < 1.29 is 14.4 Å². The number of halogens is 1. The first-order chi connectivity index (χ1) is 12.5. The smallest absolute Gasteiger partial charge is 0.311 e. The van der Waals surface area contributed by atoms with Gasteiger partial charge >= 0.3 is 5.69 Å². The minimum absolute atomic E-state index is 0.225. The first-order valence-corrected chi connectivity index (χ1v) is 8.17. The molecule has 0 saturated heterocycles. The molecule has 2 aromatic carbocycles. The van der Waals surface area contributed by atoms with E-state index in [0.29, 0.717) is 21.8 Å². The summed E-state index contributed by atoms with van der Waals surface area (Å²) in [4.78, 5) is 14.6. The fraction of sp³-hybridized carbons (Fsp3) is 0. The molecule has 0 spiro atoms. The molecule has 0 fully saturated rings. The number of phenolic OH excluding ortho intramolecular Hbond substituents is 1. The quantitative estimate of drug-likeness (QED) is 0.412. The molecular weight excluding hydrogens is 357 g/mol. The Bertz CT molecular complexity index is 1050. The van der Waals surface area contributed by atoms with E-state index in [1.165, 1.54) is 47.7 Å². The third-order valence-electron chi connectivity index (χ3n) is 3.50. The Hall–Kier alpha value is -3.57. The van der Waals surface area contributed by atoms with Crippen LogP contribution in [0.2, 0.25) is 0 Å². The summed E-state index contributed by atoms with van der Waals surface area (Å²) in [7, 11) is 0. The standard InChI is InChI=1S/C18H10FN3O3S/c19-14-4-2-12(3-5-14)15-10-26-18(21-15)13(9-20)7-11-1-6-17(23)16(8-11)22(24)25/h1-8,10,23H/b13-7+. The number of nitro groups is 1. The lowest BCUT2D eigenvalue weighted by molar-refractivity contribution is -0.385. The molecule has 26 heavy (non-hydrogen) atoms. The van der Waals surface area contributed by atoms with E-state index >= 15 is 0 Å². The van der Waals surface area contributed by atoms with Crippen LogP contribution in [0.15, 0.2) is 47.8 Å². The predicted molar refractivity (Wildman–Crippen MR) is 95.8 cm³/mol. The van der Waals surface area contributed by atoms with Gasteiger partial charge in [-0.2, -0.15) is 5.26 Å². The van der Waals surface area contributed by atoms with Crippen molar-refractivity contribution in [3.05, 3.63) is 74.3 Å². The van der Waals surface area contributed by atoms with Gasteiger partial charge in [0, 0.05) is 17.0 Å². The van der Waals surface area contributed by atoms with Crippen LogP contribution in [0.5, 0.6) is 5.75 Å². The molecule has 0 atom stereocenters. The van der Waals surface area contributed by atoms with Gasteiger partial charge < -0.3 is 5.11 Å². The second kappa shape index (κ2) is 7.13. The summed E-state index contributed by atoms with van der Waals surface area (Å²) in [6.07, 6.45) is 1.46. The largest absolute Gasteiger partial charge is 0.502 e. The van der Waals surface area contributed by atoms with E-state index in [9.17, 15) is 24.9 Å². The summed E-state index contributed by atoms with van der Waals surface area (Å²) in [5.74, 6) is -0.797. The Morgan fingerprint density at radius 3 is 2.69 bits per heavy atom. The van der Waals surface area contributed by atoms with Crippen LogP contribution < -0.4 is 0 Å². The first kappa shape index (κ1) is 17.3. The number of aromatic hydroxyl groups is 1. The zero-order chi connectivity index (χ0) is 18.7. The monoisotopic (exact) mass is 367 g/mol. The van der Waals surface area contributed by atoms with Gasteiger partial charge in [0.05, 0.1) is 16.2 Å². The zero-order valence-electron chi connectivity index (χ0n) is 13.1. The lowest BCUT2D eigenvalue weighted by atomic mass is 10.1. The predicted octanol–water partition coefficient (Wildman–Crippen LogP) is 4.63. The van der Waals surface area contributed by atoms with Crippen molar-refractivity contribution in [1.29, 1.82) is 5.26 Å². The van der Waals surface area contributed by atoms with Crippen LogP contribution in [0.3, 0.4) is 0 Å². The number of hydrogen-bond acceptors (Lipinski definition) is 6. The lowest BCUT2D eigenvalue weighted by Crippen LogP contribution is -1.89. The number of rotatable bonds is 4. The lowest BCUT2D eigenvalue weighted by Gasteiger charge is -1.99. The number of nitro benzene ring substituents is 1. The average molecular weight is 367 g/mol. The van der Waals surface area contributed by atoms with E-state index in [4.69, 9.17) is 0 Å². The van der Waals surface area contributed by atoms with Crippen LogP contribution >= 0.6 is 11.3 Å². The second-order valence-electron chi connectivity index (χ2n) is 5.22. The van der Waals surface area contributed by atoms with Crippen molar-refractivity contribution in [2.45, 2.75) is 0 Å². The van der Waals surface area contributed by atoms with Gasteiger partial charge in [0.25, 0.3) is 0 Å². The molecule has 6 nitrogen and oxygen atoms in total. The number of phenols is 1. The highest BCUT2D eigenvalue weighted by Crippen LogP contribution is 2.30. The van der Waals surface area contributed by atoms with Crippen LogP contribution in [-0.2, 0) is 0 Å². The summed E-state index contributed by atoms with van der Waals surface area (Å²) in [6, 6.07) is 11.7. The number of allylic oxidation sites excluding steroid dienone is 1. The highest BCUT2D eigenvalue weighted by molar-refractivity contribution is 7.11. The van der Waals surface area contributed by atoms with Crippen LogP contribution in [0.25, 0.3) is 22.9 Å². The number of thiazole rings is 1. The van der Waals surface area contributed by atoms with Crippen molar-refractivity contribution >= 4 is 28.7 Å². The van der Waals surface area contributed by atoms with Gasteiger partial charge in [-0.15, -0.1) is 11.3 Å². The number of hydrogen-bond donors (Lipinski definition) is 1. The number of nitriles is 1. The normalized spacial score (nSPS) is 11.2. The molecule has 3 rings (SSSR count). The Balaban J connectivity index is 1.96. The molecule has 1 N–H and O–H groups in total. The fourth-order valence-electron chi connectivity index (χ4n) is 2.24. The maximum absolute atomic E-state index is 13.0. The minimum Gasteiger partial charge on any atom is -0.502 e. The van der Waals surface area contributed by atoms with Crippen molar-refractivity contribution in [1.82, 2.24) is 4.98 Å². The van der Waals surface area contributed by atoms with Crippen LogP contribution in [0.1, 0.15) is 10.6 Å². The highest BCUT2D eigenvalue weighted by Gasteiger charge is 2.14. The maximum Gasteiger partial charge on any atom is 0.311 e. The molecule has 1 aromatic heterocycles. The average Bonchev–Trinajstić information content (AvgIpc) is 3.11. The maximum atomic E-state index is 13.0. The first-order valence-electron chi connectivity index (χ1n) is 7.29. The van der Waals surface area contributed by atoms with Gasteiger partial charge in [-0.25, -0.2) is 9.37 Å². The second-order valence-corrected chi connectivity index (χ2v) is 6.08. The van der Waals surface area contributed by atoms with Crippen molar-refractivity contribution in [2.75, 3.05) is 0 Å². The van der Waals surface area contributed by atoms with Gasteiger partial charge in [-0.05, 0) is 42.0 Å². The molecule has 0 radical (unpaired) electrons. The Morgan fingerprint density at radius 2 is 2.04 bits per heavy atom. The summed E-state index contributed by atoms with van der Waals surface area (Å²) >= 11 is 1.24. The van der Waals surface area contributed by atoms with Crippen LogP contribution in [0.4, 0.5) is 10.1 Å². The Kier molecular flexibility index (Phi) is 4.73. The van der Waals surface area contributed by atoms with E-state index in [0.717, 1.165) is 0 Å². The molecule has 0 aliphatic heterocycles. The molecule has 8 heteroatoms. The van der Waals surface area contributed by atoms with E-state index in [-0.39, 0.29) is 11.4 Å². The third kappa shape index (κ3) is 3.58. The van der Waals surface area contributed by atoms with Crippen LogP contribution in [0, 0.1) is 27.3 Å². The molecule has 128 valence electrons. The molecule has 0 bridgehead atoms. The molecule has 0 aliphatic rings. The molecular formula is C18H10FN3O3S. The molecule has 0 unspecified atom stereocenters. The van der Waals surface area contributed by atoms with E-state index in [2.05, 4.69) is 4.98 Å². The summed E-state index contributed by atoms with van der Waals surface area (Å²) in [6.45, 7) is 0. The topological polar surface area (TPSA) is 100 Å². The zero-order valence-corrected chi connectivity index (χ0v) is 13.9. The fourth-order valence-corrected chi connectivity index (χ4v) is 3.03. The van der Waals surface area contributed by atoms with E-state index < -0.39 is 16.4 Å². The van der Waals surface area contributed by atoms with Gasteiger partial charge in [0.2, 0.25) is 0 Å². The summed E-state index contributed by atoms with van der Waals surface area (Å²) in [5.41, 5.74) is 1.49. The molecule has 0 amide bonds. The number of nitrogens with zero attached hydrogens (tertiary/aromatic N) is 3. The Labute approximate surface area is 151 Å². The van der Waals surface area contributed by atoms with Crippen LogP contribution in [-0.4, -0.2) is 15.0 Å². The van der Waals surface area contributed by atoms with Crippen molar-refractivity contribution in [3.63, 3.8) is 0 Å². The summed E-state index contributed by atoms with van der Waals surface area (Å²) in [5, 5.41) is 32.0. The van der Waals surface area contributed by atoms with Crippen molar-refractivity contribution in [2.24, 2.45) is 0 Å². The summed E-state index contributed by atoms with van der Waals surface area (Å²) < 4.78 is 13.0. The molecule has 0 aliphatic carbocycles. The highest BCUT2D eigenvalue weighted by atomic mass is 32.1. The van der Waals surface area contributed by atoms with Gasteiger partial charge in [0.15, 0.2) is 5.75 Å². The third-order valence-corrected chi connectivity index (χ3v) is 4.38. The SMILES string of the molecule is N#C/C(=C\c1ccc(O)c([N+](=O)[O-])c1)c1nc(-c2ccc(F)cc2)cs1. The van der Waals surface area contributed by atoms with E-state index in [1.807, 2.05) is 6.07 Å². The van der Waals surface area contributed by atoms with Gasteiger partial charge in [-0.3, -0.25) is 10.1 Å². The van der Waals surface area contributed by atoms with Crippen molar-refractivity contribution in [3.8, 4) is 23.1 Å². The number of benzene rings is 2. The molecule has 1 heterocycles. The Morgan fingerprint density at radius 1 is 1.31 bits per heavy atom. The molecule has 0 saturated carbocycles. The van der Waals surface area contributed by atoms with Gasteiger partial charge in [0.1, 0.15) is 16.9 Å². The number of aromatic nitrogens is 1. The van der Waals surface area contributed by atoms with Gasteiger partial charge in [-0.1, -0.05) is 6.07 Å². The van der Waals surface area contributed by atoms with E-state index in [1.54, 1.807) is 17.5 Å².